The fourth-order valence-electron chi connectivity index (χ4n) is 3.94. The molecule has 2 aromatic carbocycles. The number of benzene rings is 2. The normalized spacial score (nSPS) is 16.7. The van der Waals surface area contributed by atoms with Gasteiger partial charge < -0.3 is 11.1 Å². The van der Waals surface area contributed by atoms with E-state index in [1.807, 2.05) is 12.1 Å². The van der Waals surface area contributed by atoms with Crippen LogP contribution < -0.4 is 11.1 Å². The molecule has 2 aromatic rings. The van der Waals surface area contributed by atoms with Gasteiger partial charge in [0.25, 0.3) is 0 Å². The molecule has 0 fully saturated rings. The Bertz CT molecular complexity index is 784. The molecule has 0 saturated heterocycles. The second-order valence-electron chi connectivity index (χ2n) is 6.87. The minimum atomic E-state index is -0.252. The van der Waals surface area contributed by atoms with Crippen LogP contribution in [0.15, 0.2) is 36.4 Å². The summed E-state index contributed by atoms with van der Waals surface area (Å²) in [4.78, 5) is 13.7. The molecule has 0 aliphatic carbocycles. The van der Waals surface area contributed by atoms with Gasteiger partial charge in [-0.3, -0.25) is 9.69 Å². The minimum absolute atomic E-state index is 0.252. The van der Waals surface area contributed by atoms with E-state index in [0.29, 0.717) is 6.42 Å². The van der Waals surface area contributed by atoms with Crippen LogP contribution in [0, 0.1) is 0 Å². The SMILES string of the molecule is NC(=O)Cc1cccc2c1CCN(Cc1ccc3c(c1)CNC3)C2. The van der Waals surface area contributed by atoms with Crippen molar-refractivity contribution in [1.29, 1.82) is 0 Å². The third-order valence-corrected chi connectivity index (χ3v) is 5.11. The summed E-state index contributed by atoms with van der Waals surface area (Å²) in [6.45, 7) is 4.93. The van der Waals surface area contributed by atoms with E-state index in [2.05, 4.69) is 34.5 Å². The zero-order chi connectivity index (χ0) is 16.5. The molecular formula is C20H23N3O. The van der Waals surface area contributed by atoms with Crippen LogP contribution in [0.1, 0.15) is 33.4 Å². The van der Waals surface area contributed by atoms with E-state index in [1.165, 1.54) is 27.8 Å². The molecule has 0 saturated carbocycles. The van der Waals surface area contributed by atoms with E-state index in [9.17, 15) is 4.79 Å². The van der Waals surface area contributed by atoms with E-state index >= 15 is 0 Å². The lowest BCUT2D eigenvalue weighted by atomic mass is 9.92. The highest BCUT2D eigenvalue weighted by Gasteiger charge is 2.20. The molecule has 0 unspecified atom stereocenters. The summed E-state index contributed by atoms with van der Waals surface area (Å²) < 4.78 is 0. The second kappa shape index (κ2) is 6.38. The van der Waals surface area contributed by atoms with Gasteiger partial charge in [-0.25, -0.2) is 0 Å². The summed E-state index contributed by atoms with van der Waals surface area (Å²) in [7, 11) is 0. The van der Waals surface area contributed by atoms with Crippen LogP contribution >= 0.6 is 0 Å². The van der Waals surface area contributed by atoms with Gasteiger partial charge in [-0.15, -0.1) is 0 Å². The highest BCUT2D eigenvalue weighted by Crippen LogP contribution is 2.25. The predicted octanol–water partition coefficient (Wildman–Crippen LogP) is 1.88. The molecule has 0 aromatic heterocycles. The Labute approximate surface area is 142 Å². The van der Waals surface area contributed by atoms with Gasteiger partial charge in [-0.05, 0) is 39.8 Å². The van der Waals surface area contributed by atoms with Gasteiger partial charge in [0.15, 0.2) is 0 Å². The zero-order valence-corrected chi connectivity index (χ0v) is 13.8. The number of fused-ring (bicyclic) bond motifs is 2. The van der Waals surface area contributed by atoms with Gasteiger partial charge in [-0.1, -0.05) is 36.4 Å². The minimum Gasteiger partial charge on any atom is -0.369 e. The van der Waals surface area contributed by atoms with Gasteiger partial charge in [0.05, 0.1) is 6.42 Å². The molecule has 0 spiro atoms. The number of nitrogens with two attached hydrogens (primary N) is 1. The monoisotopic (exact) mass is 321 g/mol. The van der Waals surface area contributed by atoms with Gasteiger partial charge in [0, 0.05) is 32.7 Å². The van der Waals surface area contributed by atoms with E-state index in [1.54, 1.807) is 0 Å². The van der Waals surface area contributed by atoms with Crippen LogP contribution in [0.25, 0.3) is 0 Å². The summed E-state index contributed by atoms with van der Waals surface area (Å²) >= 11 is 0. The molecule has 124 valence electrons. The van der Waals surface area contributed by atoms with Crippen LogP contribution in [0.4, 0.5) is 0 Å². The number of rotatable bonds is 4. The summed E-state index contributed by atoms with van der Waals surface area (Å²) in [6.07, 6.45) is 1.34. The Kier molecular flexibility index (Phi) is 4.08. The lowest BCUT2D eigenvalue weighted by Gasteiger charge is -2.30. The Morgan fingerprint density at radius 1 is 1.12 bits per heavy atom. The lowest BCUT2D eigenvalue weighted by molar-refractivity contribution is -0.117. The molecule has 4 nitrogen and oxygen atoms in total. The van der Waals surface area contributed by atoms with Crippen molar-refractivity contribution in [2.45, 2.75) is 39.0 Å². The Morgan fingerprint density at radius 3 is 2.88 bits per heavy atom. The van der Waals surface area contributed by atoms with Crippen molar-refractivity contribution in [3.63, 3.8) is 0 Å². The third-order valence-electron chi connectivity index (χ3n) is 5.11. The molecule has 3 N–H and O–H groups in total. The number of hydrogen-bond acceptors (Lipinski definition) is 3. The largest absolute Gasteiger partial charge is 0.369 e. The Hall–Kier alpha value is -2.17. The summed E-state index contributed by atoms with van der Waals surface area (Å²) in [6, 6.07) is 13.1. The molecule has 2 heterocycles. The molecule has 1 amide bonds. The second-order valence-corrected chi connectivity index (χ2v) is 6.87. The van der Waals surface area contributed by atoms with Crippen LogP contribution in [0.2, 0.25) is 0 Å². The lowest BCUT2D eigenvalue weighted by Crippen LogP contribution is -2.31. The van der Waals surface area contributed by atoms with Crippen LogP contribution in [0.3, 0.4) is 0 Å². The fraction of sp³-hybridized carbons (Fsp3) is 0.350. The first-order chi connectivity index (χ1) is 11.7. The number of nitrogens with one attached hydrogen (secondary N) is 1. The van der Waals surface area contributed by atoms with Gasteiger partial charge >= 0.3 is 0 Å². The number of carbonyl (C=O) groups excluding carboxylic acids is 1. The third kappa shape index (κ3) is 3.07. The van der Waals surface area contributed by atoms with Crippen molar-refractivity contribution in [2.75, 3.05) is 6.54 Å². The Balaban J connectivity index is 1.49. The highest BCUT2D eigenvalue weighted by atomic mass is 16.1. The van der Waals surface area contributed by atoms with Crippen molar-refractivity contribution >= 4 is 5.91 Å². The maximum atomic E-state index is 11.3. The topological polar surface area (TPSA) is 58.4 Å². The summed E-state index contributed by atoms with van der Waals surface area (Å²) in [5.41, 5.74) is 13.4. The number of nitrogens with zero attached hydrogens (tertiary/aromatic N) is 1. The molecule has 2 aliphatic rings. The zero-order valence-electron chi connectivity index (χ0n) is 13.8. The smallest absolute Gasteiger partial charge is 0.221 e. The summed E-state index contributed by atoms with van der Waals surface area (Å²) in [5, 5.41) is 3.40. The maximum absolute atomic E-state index is 11.3. The van der Waals surface area contributed by atoms with Gasteiger partial charge in [-0.2, -0.15) is 0 Å². The standard InChI is InChI=1S/C20H23N3O/c21-20(24)9-15-2-1-3-17-13-23(7-6-19(15)17)12-14-4-5-16-10-22-11-18(16)8-14/h1-5,8,22H,6-7,9-13H2,(H2,21,24). The van der Waals surface area contributed by atoms with E-state index < -0.39 is 0 Å². The van der Waals surface area contributed by atoms with E-state index in [4.69, 9.17) is 5.73 Å². The predicted molar refractivity (Wildman–Crippen MR) is 94.1 cm³/mol. The van der Waals surface area contributed by atoms with Gasteiger partial charge in [0.1, 0.15) is 0 Å². The summed E-state index contributed by atoms with van der Waals surface area (Å²) in [5.74, 6) is -0.252. The highest BCUT2D eigenvalue weighted by molar-refractivity contribution is 5.77. The molecule has 0 atom stereocenters. The van der Waals surface area contributed by atoms with Crippen molar-refractivity contribution in [2.24, 2.45) is 5.73 Å². The Morgan fingerprint density at radius 2 is 2.00 bits per heavy atom. The van der Waals surface area contributed by atoms with Crippen molar-refractivity contribution < 1.29 is 4.79 Å². The van der Waals surface area contributed by atoms with Gasteiger partial charge in [0.2, 0.25) is 5.91 Å². The average Bonchev–Trinajstić information content (AvgIpc) is 3.02. The average molecular weight is 321 g/mol. The quantitative estimate of drug-likeness (QED) is 0.904. The molecule has 2 aliphatic heterocycles. The number of hydrogen-bond donors (Lipinski definition) is 2. The first kappa shape index (κ1) is 15.4. The molecule has 0 radical (unpaired) electrons. The molecule has 4 rings (SSSR count). The maximum Gasteiger partial charge on any atom is 0.221 e. The molecule has 24 heavy (non-hydrogen) atoms. The molecular weight excluding hydrogens is 298 g/mol. The molecule has 4 heteroatoms. The number of primary amides is 1. The van der Waals surface area contributed by atoms with Crippen LogP contribution in [0.5, 0.6) is 0 Å². The van der Waals surface area contributed by atoms with Crippen LogP contribution in [-0.2, 0) is 43.8 Å². The first-order valence-corrected chi connectivity index (χ1v) is 8.61. The van der Waals surface area contributed by atoms with E-state index in [-0.39, 0.29) is 5.91 Å². The van der Waals surface area contributed by atoms with Crippen LogP contribution in [-0.4, -0.2) is 17.4 Å². The van der Waals surface area contributed by atoms with E-state index in [0.717, 1.165) is 44.7 Å². The van der Waals surface area contributed by atoms with Crippen molar-refractivity contribution in [3.8, 4) is 0 Å². The number of amides is 1. The van der Waals surface area contributed by atoms with Crippen molar-refractivity contribution in [1.82, 2.24) is 10.2 Å². The number of carbonyl (C=O) groups is 1. The van der Waals surface area contributed by atoms with Crippen molar-refractivity contribution in [3.05, 3.63) is 69.8 Å². The fourth-order valence-corrected chi connectivity index (χ4v) is 3.94. The molecule has 0 bridgehead atoms. The first-order valence-electron chi connectivity index (χ1n) is 8.61.